The topological polar surface area (TPSA) is 145 Å². The van der Waals surface area contributed by atoms with Crippen molar-refractivity contribution in [2.24, 2.45) is 4.99 Å². The third kappa shape index (κ3) is 7.93. The predicted molar refractivity (Wildman–Crippen MR) is 147 cm³/mol. The van der Waals surface area contributed by atoms with Gasteiger partial charge in [0.2, 0.25) is 5.90 Å². The summed E-state index contributed by atoms with van der Waals surface area (Å²) < 4.78 is 63.2. The zero-order valence-electron chi connectivity index (χ0n) is 22.5. The van der Waals surface area contributed by atoms with E-state index in [0.717, 1.165) is 0 Å². The van der Waals surface area contributed by atoms with Crippen LogP contribution in [0.15, 0.2) is 84.4 Å². The summed E-state index contributed by atoms with van der Waals surface area (Å²) in [6, 6.07) is -1.70. The van der Waals surface area contributed by atoms with Crippen LogP contribution in [0, 0.1) is 0 Å². The van der Waals surface area contributed by atoms with E-state index in [2.05, 4.69) is 27.0 Å². The number of ether oxygens (including phenoxy) is 2. The SMILES string of the molecule is C=C(/C=C\C(F)=C\NC(=O)N/C=C/C=C(\C=C/C)c1c(C2=NC(C(=O)OCC)CO2)cn2ncnc(N)c12)C(F)(F)F. The Balaban J connectivity index is 1.84. The van der Waals surface area contributed by atoms with E-state index in [4.69, 9.17) is 15.2 Å². The average molecular weight is 590 g/mol. The van der Waals surface area contributed by atoms with Crippen LogP contribution in [0.4, 0.5) is 28.2 Å². The molecular weight excluding hydrogens is 562 g/mol. The number of halogens is 4. The third-order valence-corrected chi connectivity index (χ3v) is 5.41. The number of nitrogens with two attached hydrogens (primary N) is 1. The maximum atomic E-state index is 13.7. The van der Waals surface area contributed by atoms with Crippen molar-refractivity contribution in [2.45, 2.75) is 26.1 Å². The fraction of sp³-hybridized carbons (Fsp3) is 0.222. The van der Waals surface area contributed by atoms with Gasteiger partial charge in [-0.1, -0.05) is 24.8 Å². The van der Waals surface area contributed by atoms with Gasteiger partial charge in [0.05, 0.1) is 12.2 Å². The Morgan fingerprint density at radius 3 is 2.74 bits per heavy atom. The summed E-state index contributed by atoms with van der Waals surface area (Å²) in [6.07, 6.45) is 7.56. The molecule has 15 heteroatoms. The molecule has 222 valence electrons. The fourth-order valence-corrected chi connectivity index (χ4v) is 3.55. The number of alkyl halides is 3. The molecule has 0 bridgehead atoms. The van der Waals surface area contributed by atoms with Gasteiger partial charge in [-0.2, -0.15) is 18.3 Å². The van der Waals surface area contributed by atoms with Crippen LogP contribution < -0.4 is 16.4 Å². The molecule has 11 nitrogen and oxygen atoms in total. The number of nitrogen functional groups attached to an aromatic ring is 1. The van der Waals surface area contributed by atoms with Crippen molar-refractivity contribution < 1.29 is 36.6 Å². The van der Waals surface area contributed by atoms with E-state index in [-0.39, 0.29) is 24.9 Å². The highest BCUT2D eigenvalue weighted by Crippen LogP contribution is 2.32. The number of urea groups is 1. The molecule has 3 heterocycles. The molecule has 3 rings (SSSR count). The van der Waals surface area contributed by atoms with Crippen molar-refractivity contribution in [3.63, 3.8) is 0 Å². The number of aromatic nitrogens is 3. The van der Waals surface area contributed by atoms with Crippen molar-refractivity contribution in [1.82, 2.24) is 25.2 Å². The van der Waals surface area contributed by atoms with Gasteiger partial charge in [-0.25, -0.2) is 28.5 Å². The average Bonchev–Trinajstić information content (AvgIpc) is 3.58. The summed E-state index contributed by atoms with van der Waals surface area (Å²) in [6.45, 7) is 6.43. The van der Waals surface area contributed by atoms with Gasteiger partial charge in [0.25, 0.3) is 0 Å². The number of nitrogens with zero attached hydrogens (tertiary/aromatic N) is 4. The number of rotatable bonds is 10. The first kappa shape index (κ1) is 31.3. The molecule has 1 atom stereocenters. The molecule has 1 unspecified atom stereocenters. The first-order chi connectivity index (χ1) is 20.0. The number of nitrogens with one attached hydrogen (secondary N) is 2. The Hall–Kier alpha value is -5.21. The summed E-state index contributed by atoms with van der Waals surface area (Å²) in [4.78, 5) is 32.6. The number of allylic oxidation sites excluding steroid dienone is 9. The number of carbonyl (C=O) groups is 2. The highest BCUT2D eigenvalue weighted by molar-refractivity contribution is 6.07. The lowest BCUT2D eigenvalue weighted by atomic mass is 10.0. The molecule has 0 radical (unpaired) electrons. The molecule has 1 aliphatic heterocycles. The van der Waals surface area contributed by atoms with Gasteiger partial charge in [-0.3, -0.25) is 0 Å². The highest BCUT2D eigenvalue weighted by Gasteiger charge is 2.31. The Kier molecular flexibility index (Phi) is 10.4. The van der Waals surface area contributed by atoms with Gasteiger partial charge in [-0.05, 0) is 37.6 Å². The van der Waals surface area contributed by atoms with Crippen LogP contribution in [0.2, 0.25) is 0 Å². The van der Waals surface area contributed by atoms with E-state index in [1.807, 2.05) is 5.32 Å². The third-order valence-electron chi connectivity index (χ3n) is 5.41. The molecule has 42 heavy (non-hydrogen) atoms. The molecule has 2 aromatic rings. The second-order valence-corrected chi connectivity index (χ2v) is 8.35. The molecule has 4 N–H and O–H groups in total. The van der Waals surface area contributed by atoms with Crippen LogP contribution in [0.3, 0.4) is 0 Å². The normalized spacial score (nSPS) is 16.3. The summed E-state index contributed by atoms with van der Waals surface area (Å²) in [5.74, 6) is -1.33. The van der Waals surface area contributed by atoms with Gasteiger partial charge in [-0.15, -0.1) is 0 Å². The number of amides is 2. The minimum atomic E-state index is -4.69. The van der Waals surface area contributed by atoms with Gasteiger partial charge in [0, 0.05) is 29.7 Å². The highest BCUT2D eigenvalue weighted by atomic mass is 19.4. The number of fused-ring (bicyclic) bond motifs is 1. The van der Waals surface area contributed by atoms with Crippen molar-refractivity contribution in [3.05, 3.63) is 90.5 Å². The Bertz CT molecular complexity index is 1530. The fourth-order valence-electron chi connectivity index (χ4n) is 3.55. The van der Waals surface area contributed by atoms with Crippen molar-refractivity contribution in [3.8, 4) is 0 Å². The molecule has 2 amide bonds. The largest absolute Gasteiger partial charge is 0.474 e. The second-order valence-electron chi connectivity index (χ2n) is 8.35. The maximum absolute atomic E-state index is 13.7. The lowest BCUT2D eigenvalue weighted by Gasteiger charge is -2.07. The van der Waals surface area contributed by atoms with Gasteiger partial charge >= 0.3 is 18.2 Å². The van der Waals surface area contributed by atoms with Gasteiger partial charge in [0.1, 0.15) is 24.3 Å². The van der Waals surface area contributed by atoms with E-state index in [9.17, 15) is 27.2 Å². The molecule has 0 aromatic carbocycles. The summed E-state index contributed by atoms with van der Waals surface area (Å²) in [5.41, 5.74) is 6.92. The first-order valence-corrected chi connectivity index (χ1v) is 12.3. The standard InChI is InChI=1S/C27H27F4N7O4/c1-4-7-17(8-6-11-33-26(40)34-12-18(28)10-9-16(3)27(29,30)31)21-19(13-38-22(21)23(32)35-15-36-38)24-37-20(14-42-24)25(39)41-5-2/h4,6-13,15,20H,3,5,14H2,1-2H3,(H2,32,35,36)(H2,33,34,40)/b7-4-,10-9-,11-6+,17-8+,18-12-. The zero-order chi connectivity index (χ0) is 30.9. The quantitative estimate of drug-likeness (QED) is 0.213. The van der Waals surface area contributed by atoms with Gasteiger partial charge < -0.3 is 25.8 Å². The smallest absolute Gasteiger partial charge is 0.415 e. The Morgan fingerprint density at radius 2 is 2.05 bits per heavy atom. The van der Waals surface area contributed by atoms with E-state index in [1.165, 1.54) is 23.1 Å². The predicted octanol–water partition coefficient (Wildman–Crippen LogP) is 4.28. The molecule has 0 fully saturated rings. The Morgan fingerprint density at radius 1 is 1.29 bits per heavy atom. The maximum Gasteiger partial charge on any atom is 0.415 e. The summed E-state index contributed by atoms with van der Waals surface area (Å²) in [7, 11) is 0. The van der Waals surface area contributed by atoms with E-state index >= 15 is 0 Å². The second kappa shape index (κ2) is 13.9. The number of anilines is 1. The molecule has 0 aliphatic carbocycles. The number of carbonyl (C=O) groups excluding carboxylic acids is 2. The zero-order valence-corrected chi connectivity index (χ0v) is 22.5. The van der Waals surface area contributed by atoms with Crippen molar-refractivity contribution in [1.29, 1.82) is 0 Å². The van der Waals surface area contributed by atoms with Crippen molar-refractivity contribution in [2.75, 3.05) is 18.9 Å². The van der Waals surface area contributed by atoms with Gasteiger partial charge in [0.15, 0.2) is 11.9 Å². The monoisotopic (exact) mass is 589 g/mol. The van der Waals surface area contributed by atoms with Crippen molar-refractivity contribution >= 4 is 34.8 Å². The van der Waals surface area contributed by atoms with Crippen LogP contribution in [0.25, 0.3) is 11.1 Å². The summed E-state index contributed by atoms with van der Waals surface area (Å²) in [5, 5.41) is 8.57. The molecule has 0 spiro atoms. The van der Waals surface area contributed by atoms with Crippen LogP contribution in [0.1, 0.15) is 25.0 Å². The molecule has 1 aliphatic rings. The van der Waals surface area contributed by atoms with Crippen LogP contribution in [0.5, 0.6) is 0 Å². The minimum absolute atomic E-state index is 0.00945. The van der Waals surface area contributed by atoms with Crippen LogP contribution in [-0.2, 0) is 14.3 Å². The molecule has 0 saturated carbocycles. The van der Waals surface area contributed by atoms with E-state index in [0.29, 0.717) is 40.6 Å². The Labute approximate surface area is 237 Å². The van der Waals surface area contributed by atoms with E-state index < -0.39 is 35.6 Å². The van der Waals surface area contributed by atoms with Crippen LogP contribution >= 0.6 is 0 Å². The number of hydrogen-bond donors (Lipinski definition) is 3. The van der Waals surface area contributed by atoms with Crippen LogP contribution in [-0.4, -0.2) is 57.9 Å². The molecule has 0 saturated heterocycles. The summed E-state index contributed by atoms with van der Waals surface area (Å²) >= 11 is 0. The number of aliphatic imine (C=N–C) groups is 1. The molecular formula is C27H27F4N7O4. The first-order valence-electron chi connectivity index (χ1n) is 12.3. The lowest BCUT2D eigenvalue weighted by molar-refractivity contribution is -0.144. The molecule has 2 aromatic heterocycles. The minimum Gasteiger partial charge on any atom is -0.474 e. The van der Waals surface area contributed by atoms with E-state index in [1.54, 1.807) is 38.3 Å². The number of esters is 1. The lowest BCUT2D eigenvalue weighted by Crippen LogP contribution is -2.28. The number of hydrogen-bond acceptors (Lipinski definition) is 8.